The van der Waals surface area contributed by atoms with Crippen LogP contribution in [0.4, 0.5) is 0 Å². The third-order valence-electron chi connectivity index (χ3n) is 3.92. The molecule has 1 rings (SSSR count). The van der Waals surface area contributed by atoms with E-state index in [2.05, 4.69) is 11.1 Å². The molecule has 0 heterocycles. The number of carboxylic acid groups (broad SMARTS) is 1. The van der Waals surface area contributed by atoms with Crippen LogP contribution < -0.4 is 20.5 Å². The van der Waals surface area contributed by atoms with Crippen molar-refractivity contribution in [3.63, 3.8) is 0 Å². The highest BCUT2D eigenvalue weighted by Crippen LogP contribution is 2.34. The van der Waals surface area contributed by atoms with Crippen LogP contribution >= 0.6 is 0 Å². The normalized spacial score (nSPS) is 12.3. The summed E-state index contributed by atoms with van der Waals surface area (Å²) >= 11 is 0. The highest BCUT2D eigenvalue weighted by Gasteiger charge is 2.23. The molecule has 8 heteroatoms. The summed E-state index contributed by atoms with van der Waals surface area (Å²) in [5.41, 5.74) is 5.51. The molecule has 0 radical (unpaired) electrons. The molecule has 5 N–H and O–H groups in total. The van der Waals surface area contributed by atoms with Crippen molar-refractivity contribution in [3.8, 4) is 11.5 Å². The van der Waals surface area contributed by atoms with E-state index in [0.29, 0.717) is 29.2 Å². The highest BCUT2D eigenvalue weighted by atomic mass is 16.5. The van der Waals surface area contributed by atoms with Gasteiger partial charge in [-0.2, -0.15) is 0 Å². The SMILES string of the molecule is COc1cc(C)c(/C(=C\C(C)=O)CC(NC(=O)CC[NH3+])C(=O)O)cc1OC. The van der Waals surface area contributed by atoms with Gasteiger partial charge in [-0.15, -0.1) is 0 Å². The van der Waals surface area contributed by atoms with E-state index in [1.54, 1.807) is 12.1 Å². The van der Waals surface area contributed by atoms with E-state index >= 15 is 0 Å². The Morgan fingerprint density at radius 1 is 1.22 bits per heavy atom. The van der Waals surface area contributed by atoms with Gasteiger partial charge in [-0.05, 0) is 48.8 Å². The van der Waals surface area contributed by atoms with Gasteiger partial charge >= 0.3 is 5.97 Å². The number of rotatable bonds is 10. The number of methoxy groups -OCH3 is 2. The van der Waals surface area contributed by atoms with Gasteiger partial charge in [0.15, 0.2) is 17.3 Å². The monoisotopic (exact) mass is 379 g/mol. The lowest BCUT2D eigenvalue weighted by Crippen LogP contribution is -2.52. The quantitative estimate of drug-likeness (QED) is 0.510. The Bertz CT molecular complexity index is 742. The Hall–Kier alpha value is -2.87. The minimum Gasteiger partial charge on any atom is -0.493 e. The molecule has 0 spiro atoms. The first kappa shape index (κ1) is 22.2. The first-order valence-corrected chi connectivity index (χ1v) is 8.49. The van der Waals surface area contributed by atoms with Crippen molar-refractivity contribution < 1.29 is 34.7 Å². The Kier molecular flexibility index (Phi) is 8.47. The lowest BCUT2D eigenvalue weighted by atomic mass is 9.93. The molecule has 1 atom stereocenters. The molecule has 27 heavy (non-hydrogen) atoms. The molecule has 0 bridgehead atoms. The zero-order chi connectivity index (χ0) is 20.6. The van der Waals surface area contributed by atoms with E-state index in [9.17, 15) is 19.5 Å². The van der Waals surface area contributed by atoms with Crippen LogP contribution in [0.5, 0.6) is 11.5 Å². The minimum atomic E-state index is -1.18. The molecule has 0 saturated carbocycles. The summed E-state index contributed by atoms with van der Waals surface area (Å²) in [6.45, 7) is 3.57. The van der Waals surface area contributed by atoms with E-state index in [1.807, 2.05) is 6.92 Å². The number of hydrogen-bond acceptors (Lipinski definition) is 5. The zero-order valence-electron chi connectivity index (χ0n) is 16.1. The van der Waals surface area contributed by atoms with Gasteiger partial charge in [0.2, 0.25) is 5.91 Å². The predicted octanol–water partition coefficient (Wildman–Crippen LogP) is 0.576. The predicted molar refractivity (Wildman–Crippen MR) is 99.5 cm³/mol. The average molecular weight is 379 g/mol. The number of allylic oxidation sites excluding steroid dienone is 1. The summed E-state index contributed by atoms with van der Waals surface area (Å²) in [7, 11) is 3.01. The van der Waals surface area contributed by atoms with E-state index in [4.69, 9.17) is 9.47 Å². The molecule has 0 aliphatic heterocycles. The number of carbonyl (C=O) groups is 3. The van der Waals surface area contributed by atoms with E-state index < -0.39 is 17.9 Å². The summed E-state index contributed by atoms with van der Waals surface area (Å²) in [4.78, 5) is 35.1. The average Bonchev–Trinajstić information content (AvgIpc) is 2.59. The smallest absolute Gasteiger partial charge is 0.326 e. The minimum absolute atomic E-state index is 0.0475. The number of ketones is 1. The summed E-state index contributed by atoms with van der Waals surface area (Å²) < 4.78 is 10.6. The van der Waals surface area contributed by atoms with Gasteiger partial charge in [-0.1, -0.05) is 0 Å². The fraction of sp³-hybridized carbons (Fsp3) is 0.421. The third kappa shape index (κ3) is 6.41. The van der Waals surface area contributed by atoms with Crippen molar-refractivity contribution in [1.82, 2.24) is 5.32 Å². The topological polar surface area (TPSA) is 130 Å². The van der Waals surface area contributed by atoms with Crippen molar-refractivity contribution >= 4 is 23.2 Å². The number of ether oxygens (including phenoxy) is 2. The summed E-state index contributed by atoms with van der Waals surface area (Å²) in [6.07, 6.45) is 1.46. The van der Waals surface area contributed by atoms with Gasteiger partial charge in [0, 0.05) is 6.42 Å². The van der Waals surface area contributed by atoms with Crippen LogP contribution in [-0.2, 0) is 14.4 Å². The fourth-order valence-corrected chi connectivity index (χ4v) is 2.67. The van der Waals surface area contributed by atoms with Crippen LogP contribution in [0, 0.1) is 6.92 Å². The standard InChI is InChI=1S/C19H26N2O6/c1-11-7-16(26-3)17(27-4)10-14(11)13(8-12(2)22)9-15(19(24)25)21-18(23)5-6-20/h7-8,10,15H,5-6,9,20H2,1-4H3,(H,21,23)(H,24,25)/p+1/b13-8-. The van der Waals surface area contributed by atoms with Crippen molar-refractivity contribution in [1.29, 1.82) is 0 Å². The second-order valence-electron chi connectivity index (χ2n) is 6.07. The number of carbonyl (C=O) groups excluding carboxylic acids is 2. The first-order valence-electron chi connectivity index (χ1n) is 8.49. The van der Waals surface area contributed by atoms with E-state index in [1.165, 1.54) is 27.2 Å². The number of benzene rings is 1. The molecule has 1 unspecified atom stereocenters. The number of aliphatic carboxylic acids is 1. The van der Waals surface area contributed by atoms with E-state index in [-0.39, 0.29) is 18.6 Å². The van der Waals surface area contributed by atoms with Gasteiger partial charge in [0.1, 0.15) is 6.04 Å². The van der Waals surface area contributed by atoms with Crippen LogP contribution in [0.3, 0.4) is 0 Å². The maximum Gasteiger partial charge on any atom is 0.326 e. The van der Waals surface area contributed by atoms with Crippen molar-refractivity contribution in [2.24, 2.45) is 0 Å². The van der Waals surface area contributed by atoms with Crippen LogP contribution in [0.25, 0.3) is 5.57 Å². The molecule has 0 fully saturated rings. The number of hydrogen-bond donors (Lipinski definition) is 3. The molecule has 1 amide bonds. The third-order valence-corrected chi connectivity index (χ3v) is 3.92. The Labute approximate surface area is 158 Å². The molecule has 0 aromatic heterocycles. The lowest BCUT2D eigenvalue weighted by molar-refractivity contribution is -0.366. The fourth-order valence-electron chi connectivity index (χ4n) is 2.67. The number of amides is 1. The number of carboxylic acids is 1. The van der Waals surface area contributed by atoms with Gasteiger partial charge in [0.25, 0.3) is 0 Å². The Morgan fingerprint density at radius 2 is 1.81 bits per heavy atom. The molecule has 8 nitrogen and oxygen atoms in total. The molecular formula is C19H27N2O6+. The molecule has 148 valence electrons. The van der Waals surface area contributed by atoms with Gasteiger partial charge in [-0.3, -0.25) is 9.59 Å². The number of nitrogens with one attached hydrogen (secondary N) is 1. The molecule has 1 aromatic rings. The van der Waals surface area contributed by atoms with Gasteiger partial charge in [-0.25, -0.2) is 4.79 Å². The van der Waals surface area contributed by atoms with Crippen LogP contribution in [-0.4, -0.2) is 49.6 Å². The van der Waals surface area contributed by atoms with E-state index in [0.717, 1.165) is 5.56 Å². The molecule has 0 aliphatic rings. The summed E-state index contributed by atoms with van der Waals surface area (Å²) in [6, 6.07) is 2.28. The van der Waals surface area contributed by atoms with Gasteiger partial charge in [0.05, 0.1) is 27.2 Å². The molecule has 0 saturated heterocycles. The summed E-state index contributed by atoms with van der Waals surface area (Å²) in [5.74, 6) is -0.823. The molecular weight excluding hydrogens is 352 g/mol. The lowest BCUT2D eigenvalue weighted by Gasteiger charge is -2.19. The zero-order valence-corrected chi connectivity index (χ0v) is 16.1. The second kappa shape index (κ2) is 10.3. The van der Waals surface area contributed by atoms with Crippen molar-refractivity contribution in [2.45, 2.75) is 32.7 Å². The maximum atomic E-state index is 11.8. The highest BCUT2D eigenvalue weighted by molar-refractivity contribution is 5.96. The molecule has 0 aliphatic carbocycles. The number of quaternary nitrogens is 1. The Morgan fingerprint density at radius 3 is 2.30 bits per heavy atom. The van der Waals surface area contributed by atoms with Crippen LogP contribution in [0.15, 0.2) is 18.2 Å². The largest absolute Gasteiger partial charge is 0.493 e. The summed E-state index contributed by atoms with van der Waals surface area (Å²) in [5, 5.41) is 12.0. The first-order chi connectivity index (χ1) is 12.7. The van der Waals surface area contributed by atoms with Gasteiger partial charge < -0.3 is 25.6 Å². The second-order valence-corrected chi connectivity index (χ2v) is 6.07. The van der Waals surface area contributed by atoms with Crippen LogP contribution in [0.1, 0.15) is 30.9 Å². The number of aryl methyl sites for hydroxylation is 1. The van der Waals surface area contributed by atoms with Crippen molar-refractivity contribution in [3.05, 3.63) is 29.3 Å². The maximum absolute atomic E-state index is 11.8. The van der Waals surface area contributed by atoms with Crippen LogP contribution in [0.2, 0.25) is 0 Å². The molecule has 1 aromatic carbocycles. The van der Waals surface area contributed by atoms with Crippen molar-refractivity contribution in [2.75, 3.05) is 20.8 Å². The Balaban J connectivity index is 3.32.